The molecule has 22 heavy (non-hydrogen) atoms. The summed E-state index contributed by atoms with van der Waals surface area (Å²) in [6, 6.07) is 3.78. The fourth-order valence-corrected chi connectivity index (χ4v) is 3.38. The summed E-state index contributed by atoms with van der Waals surface area (Å²) in [5, 5.41) is 9.62. The highest BCUT2D eigenvalue weighted by Crippen LogP contribution is 2.28. The third-order valence-electron chi connectivity index (χ3n) is 2.97. The number of pyridine rings is 1. The first-order valence-electron chi connectivity index (χ1n) is 6.83. The van der Waals surface area contributed by atoms with Crippen LogP contribution in [-0.2, 0) is 4.79 Å². The molecule has 5 nitrogen and oxygen atoms in total. The molecule has 7 heteroatoms. The summed E-state index contributed by atoms with van der Waals surface area (Å²) >= 11 is 3.09. The van der Waals surface area contributed by atoms with Crippen LogP contribution in [0.3, 0.4) is 0 Å². The van der Waals surface area contributed by atoms with E-state index in [9.17, 15) is 4.79 Å². The Labute approximate surface area is 138 Å². The normalized spacial score (nSPS) is 11.9. The predicted octanol–water partition coefficient (Wildman–Crippen LogP) is 3.12. The number of rotatable bonds is 7. The second-order valence-electron chi connectivity index (χ2n) is 4.76. The molecule has 0 aliphatic carbocycles. The van der Waals surface area contributed by atoms with Crippen molar-refractivity contribution in [3.8, 4) is 10.6 Å². The lowest BCUT2D eigenvalue weighted by Gasteiger charge is -2.17. The van der Waals surface area contributed by atoms with Gasteiger partial charge in [-0.15, -0.1) is 16.8 Å². The van der Waals surface area contributed by atoms with Crippen molar-refractivity contribution in [3.63, 3.8) is 0 Å². The first kappa shape index (κ1) is 16.6. The molecule has 0 spiro atoms. The zero-order valence-corrected chi connectivity index (χ0v) is 14.2. The Balaban J connectivity index is 2.03. The van der Waals surface area contributed by atoms with E-state index in [0.29, 0.717) is 5.13 Å². The molecule has 1 unspecified atom stereocenters. The van der Waals surface area contributed by atoms with Crippen LogP contribution in [0.5, 0.6) is 0 Å². The van der Waals surface area contributed by atoms with Crippen molar-refractivity contribution >= 4 is 34.1 Å². The first-order valence-corrected chi connectivity index (χ1v) is 8.80. The fourth-order valence-electron chi connectivity index (χ4n) is 1.78. The Bertz CT molecular complexity index is 629. The van der Waals surface area contributed by atoms with Crippen LogP contribution in [0.15, 0.2) is 37.2 Å². The zero-order chi connectivity index (χ0) is 15.9. The van der Waals surface area contributed by atoms with Gasteiger partial charge in [-0.05, 0) is 12.1 Å². The molecule has 0 saturated carbocycles. The Morgan fingerprint density at radius 1 is 1.55 bits per heavy atom. The zero-order valence-electron chi connectivity index (χ0n) is 12.6. The van der Waals surface area contributed by atoms with Crippen LogP contribution < -0.4 is 4.90 Å². The van der Waals surface area contributed by atoms with E-state index < -0.39 is 0 Å². The number of amides is 1. The monoisotopic (exact) mass is 334 g/mol. The number of thioether (sulfide) groups is 1. The van der Waals surface area contributed by atoms with Crippen LogP contribution in [-0.4, -0.2) is 39.6 Å². The molecule has 0 aliphatic rings. The van der Waals surface area contributed by atoms with Crippen molar-refractivity contribution < 1.29 is 4.79 Å². The van der Waals surface area contributed by atoms with Gasteiger partial charge in [0.1, 0.15) is 0 Å². The number of hydrogen-bond acceptors (Lipinski definition) is 6. The Kier molecular flexibility index (Phi) is 6.09. The van der Waals surface area contributed by atoms with E-state index in [1.165, 1.54) is 11.3 Å². The van der Waals surface area contributed by atoms with Crippen molar-refractivity contribution in [2.75, 3.05) is 23.5 Å². The van der Waals surface area contributed by atoms with Gasteiger partial charge >= 0.3 is 0 Å². The van der Waals surface area contributed by atoms with E-state index in [1.54, 1.807) is 36.1 Å². The summed E-state index contributed by atoms with van der Waals surface area (Å²) in [6.45, 7) is 5.61. The minimum absolute atomic E-state index is 0.0467. The molecule has 0 bridgehead atoms. The topological polar surface area (TPSA) is 59.0 Å². The summed E-state index contributed by atoms with van der Waals surface area (Å²) < 4.78 is 0. The second-order valence-corrected chi connectivity index (χ2v) is 6.79. The van der Waals surface area contributed by atoms with Crippen LogP contribution in [0.25, 0.3) is 10.6 Å². The molecular weight excluding hydrogens is 316 g/mol. The van der Waals surface area contributed by atoms with Gasteiger partial charge in [0, 0.05) is 42.4 Å². The van der Waals surface area contributed by atoms with Crippen molar-refractivity contribution in [2.45, 2.75) is 6.92 Å². The third-order valence-corrected chi connectivity index (χ3v) is 5.22. The lowest BCUT2D eigenvalue weighted by atomic mass is 10.2. The Morgan fingerprint density at radius 2 is 2.36 bits per heavy atom. The van der Waals surface area contributed by atoms with E-state index in [-0.39, 0.29) is 11.8 Å². The first-order chi connectivity index (χ1) is 10.6. The molecule has 0 aliphatic heterocycles. The number of carbonyl (C=O) groups excluding carboxylic acids is 1. The molecule has 0 aromatic carbocycles. The molecule has 0 radical (unpaired) electrons. The number of hydrogen-bond donors (Lipinski definition) is 0. The summed E-state index contributed by atoms with van der Waals surface area (Å²) in [4.78, 5) is 18.0. The molecule has 2 aromatic rings. The van der Waals surface area contributed by atoms with E-state index in [1.807, 2.05) is 25.1 Å². The lowest BCUT2D eigenvalue weighted by Crippen LogP contribution is -2.32. The minimum Gasteiger partial charge on any atom is -0.290 e. The molecule has 1 amide bonds. The summed E-state index contributed by atoms with van der Waals surface area (Å²) in [6.07, 6.45) is 5.29. The summed E-state index contributed by atoms with van der Waals surface area (Å²) in [5.41, 5.74) is 0.904. The maximum Gasteiger partial charge on any atom is 0.232 e. The minimum atomic E-state index is -0.0688. The smallest absolute Gasteiger partial charge is 0.232 e. The van der Waals surface area contributed by atoms with E-state index in [2.05, 4.69) is 21.8 Å². The highest BCUT2D eigenvalue weighted by Gasteiger charge is 2.21. The third kappa shape index (κ3) is 4.14. The van der Waals surface area contributed by atoms with Gasteiger partial charge in [-0.3, -0.25) is 14.7 Å². The lowest BCUT2D eigenvalue weighted by molar-refractivity contribution is -0.120. The van der Waals surface area contributed by atoms with Gasteiger partial charge in [0.25, 0.3) is 0 Å². The van der Waals surface area contributed by atoms with E-state index in [0.717, 1.165) is 22.1 Å². The number of anilines is 1. The Hall–Kier alpha value is -1.73. The molecule has 0 saturated heterocycles. The van der Waals surface area contributed by atoms with Crippen LogP contribution in [0.2, 0.25) is 0 Å². The van der Waals surface area contributed by atoms with Crippen molar-refractivity contribution in [3.05, 3.63) is 37.2 Å². The molecule has 1 atom stereocenters. The molecule has 2 rings (SSSR count). The Morgan fingerprint density at radius 3 is 3.05 bits per heavy atom. The summed E-state index contributed by atoms with van der Waals surface area (Å²) in [7, 11) is 1.74. The molecule has 2 heterocycles. The molecule has 0 N–H and O–H groups in total. The molecule has 0 fully saturated rings. The van der Waals surface area contributed by atoms with Crippen molar-refractivity contribution in [1.29, 1.82) is 0 Å². The van der Waals surface area contributed by atoms with Crippen LogP contribution in [0.4, 0.5) is 5.13 Å². The van der Waals surface area contributed by atoms with Crippen molar-refractivity contribution in [1.82, 2.24) is 15.2 Å². The van der Waals surface area contributed by atoms with Gasteiger partial charge in [-0.25, -0.2) is 0 Å². The predicted molar refractivity (Wildman–Crippen MR) is 93.2 cm³/mol. The highest BCUT2D eigenvalue weighted by molar-refractivity contribution is 7.99. The summed E-state index contributed by atoms with van der Waals surface area (Å²) in [5.74, 6) is 1.60. The SMILES string of the molecule is C=CCSCC(C)C(=O)N(C)c1nnc(-c2cccnc2)s1. The van der Waals surface area contributed by atoms with Gasteiger partial charge in [-0.2, -0.15) is 11.8 Å². The number of nitrogens with zero attached hydrogens (tertiary/aromatic N) is 4. The van der Waals surface area contributed by atoms with Crippen LogP contribution in [0, 0.1) is 5.92 Å². The number of aromatic nitrogens is 3. The molecular formula is C15H18N4OS2. The van der Waals surface area contributed by atoms with Gasteiger partial charge in [0.15, 0.2) is 5.01 Å². The second kappa shape index (κ2) is 8.05. The molecule has 2 aromatic heterocycles. The van der Waals surface area contributed by atoms with E-state index >= 15 is 0 Å². The van der Waals surface area contributed by atoms with Gasteiger partial charge in [-0.1, -0.05) is 24.3 Å². The van der Waals surface area contributed by atoms with Crippen LogP contribution in [0.1, 0.15) is 6.92 Å². The van der Waals surface area contributed by atoms with Gasteiger partial charge in [0.05, 0.1) is 0 Å². The maximum atomic E-state index is 12.4. The maximum absolute atomic E-state index is 12.4. The average molecular weight is 334 g/mol. The average Bonchev–Trinajstić information content (AvgIpc) is 3.04. The van der Waals surface area contributed by atoms with Gasteiger partial charge in [0.2, 0.25) is 11.0 Å². The highest BCUT2D eigenvalue weighted by atomic mass is 32.2. The van der Waals surface area contributed by atoms with Crippen molar-refractivity contribution in [2.24, 2.45) is 5.92 Å². The fraction of sp³-hybridized carbons (Fsp3) is 0.333. The standard InChI is InChI=1S/C15H18N4OS2/c1-4-8-21-10-11(2)14(20)19(3)15-18-17-13(22-15)12-6-5-7-16-9-12/h4-7,9,11H,1,8,10H2,2-3H3. The van der Waals surface area contributed by atoms with Crippen LogP contribution >= 0.6 is 23.1 Å². The molecule has 116 valence electrons. The van der Waals surface area contributed by atoms with E-state index in [4.69, 9.17) is 0 Å². The quantitative estimate of drug-likeness (QED) is 0.575. The largest absolute Gasteiger partial charge is 0.290 e. The number of carbonyl (C=O) groups is 1. The van der Waals surface area contributed by atoms with Gasteiger partial charge < -0.3 is 0 Å².